The summed E-state index contributed by atoms with van der Waals surface area (Å²) in [5, 5.41) is 2.68. The number of carbonyl (C=O) groups is 3. The number of ether oxygens (including phenoxy) is 1. The van der Waals surface area contributed by atoms with Crippen molar-refractivity contribution >= 4 is 41.2 Å². The molecule has 1 saturated heterocycles. The average molecular weight is 461 g/mol. The molecule has 3 aromatic rings. The first-order chi connectivity index (χ1) is 15.8. The molecular weight excluding hydrogens is 440 g/mol. The minimum atomic E-state index is -0.816. The molecule has 1 aliphatic heterocycles. The highest BCUT2D eigenvalue weighted by atomic mass is 35.5. The molecule has 1 heterocycles. The van der Waals surface area contributed by atoms with E-state index in [-0.39, 0.29) is 5.57 Å². The number of carbonyl (C=O) groups excluding carboxylic acids is 3. The summed E-state index contributed by atoms with van der Waals surface area (Å²) in [6.07, 6.45) is 1.43. The highest BCUT2D eigenvalue weighted by Gasteiger charge is 2.36. The van der Waals surface area contributed by atoms with E-state index < -0.39 is 17.8 Å². The number of aryl methyl sites for hydroxylation is 2. The van der Waals surface area contributed by atoms with Crippen LogP contribution in [0.5, 0.6) is 5.75 Å². The third-order valence-electron chi connectivity index (χ3n) is 5.37. The smallest absolute Gasteiger partial charge is 0.335 e. The fourth-order valence-electron chi connectivity index (χ4n) is 3.42. The van der Waals surface area contributed by atoms with Crippen molar-refractivity contribution in [2.24, 2.45) is 0 Å². The van der Waals surface area contributed by atoms with E-state index in [0.717, 1.165) is 10.5 Å². The molecule has 1 N–H and O–H groups in total. The number of hydrogen-bond acceptors (Lipinski definition) is 4. The lowest BCUT2D eigenvalue weighted by Gasteiger charge is -2.26. The molecule has 1 aliphatic rings. The van der Waals surface area contributed by atoms with Crippen LogP contribution in [0.4, 0.5) is 10.5 Å². The second-order valence-electron chi connectivity index (χ2n) is 7.68. The fraction of sp³-hybridized carbons (Fsp3) is 0.115. The second kappa shape index (κ2) is 9.30. The number of halogens is 1. The van der Waals surface area contributed by atoms with Gasteiger partial charge in [0.05, 0.1) is 5.69 Å². The summed E-state index contributed by atoms with van der Waals surface area (Å²) >= 11 is 5.91. The average Bonchev–Trinajstić information content (AvgIpc) is 2.79. The van der Waals surface area contributed by atoms with Gasteiger partial charge in [-0.25, -0.2) is 9.69 Å². The van der Waals surface area contributed by atoms with E-state index in [1.165, 1.54) is 29.3 Å². The number of hydrogen-bond donors (Lipinski definition) is 1. The first-order valence-electron chi connectivity index (χ1n) is 10.3. The quantitative estimate of drug-likeness (QED) is 0.419. The Hall–Kier alpha value is -3.90. The van der Waals surface area contributed by atoms with Gasteiger partial charge in [0, 0.05) is 10.6 Å². The van der Waals surface area contributed by atoms with Gasteiger partial charge in [0.25, 0.3) is 11.8 Å². The number of imide groups is 2. The van der Waals surface area contributed by atoms with Crippen molar-refractivity contribution in [2.75, 3.05) is 4.90 Å². The zero-order chi connectivity index (χ0) is 23.5. The van der Waals surface area contributed by atoms with E-state index >= 15 is 0 Å². The van der Waals surface area contributed by atoms with E-state index in [1.807, 2.05) is 32.0 Å². The van der Waals surface area contributed by atoms with Crippen LogP contribution in [0.3, 0.4) is 0 Å². The summed E-state index contributed by atoms with van der Waals surface area (Å²) in [5.74, 6) is -0.979. The van der Waals surface area contributed by atoms with E-state index in [9.17, 15) is 14.4 Å². The van der Waals surface area contributed by atoms with Crippen LogP contribution in [0.15, 0.2) is 72.3 Å². The van der Waals surface area contributed by atoms with Gasteiger partial charge in [0.2, 0.25) is 0 Å². The molecule has 4 amide bonds. The summed E-state index contributed by atoms with van der Waals surface area (Å²) in [5.41, 5.74) is 4.05. The number of para-hydroxylation sites is 1. The first-order valence-corrected chi connectivity index (χ1v) is 10.7. The SMILES string of the molecule is Cc1ccc(COc2ccccc2/C=C2\C(=O)NC(=O)N(c3ccc(Cl)cc3)C2=O)cc1C. The van der Waals surface area contributed by atoms with Crippen LogP contribution in [0.2, 0.25) is 5.02 Å². The Morgan fingerprint density at radius 3 is 2.39 bits per heavy atom. The topological polar surface area (TPSA) is 75.7 Å². The highest BCUT2D eigenvalue weighted by molar-refractivity contribution is 6.39. The molecule has 166 valence electrons. The van der Waals surface area contributed by atoms with Gasteiger partial charge in [-0.1, -0.05) is 48.0 Å². The number of nitrogens with one attached hydrogen (secondary N) is 1. The molecular formula is C26H21ClN2O4. The highest BCUT2D eigenvalue weighted by Crippen LogP contribution is 2.27. The Balaban J connectivity index is 1.62. The van der Waals surface area contributed by atoms with Crippen molar-refractivity contribution in [2.45, 2.75) is 20.5 Å². The maximum Gasteiger partial charge on any atom is 0.335 e. The van der Waals surface area contributed by atoms with Gasteiger partial charge >= 0.3 is 6.03 Å². The predicted molar refractivity (Wildman–Crippen MR) is 127 cm³/mol. The van der Waals surface area contributed by atoms with Crippen LogP contribution in [0.25, 0.3) is 6.08 Å². The van der Waals surface area contributed by atoms with E-state index in [1.54, 1.807) is 30.3 Å². The zero-order valence-electron chi connectivity index (χ0n) is 18.1. The minimum absolute atomic E-state index is 0.174. The van der Waals surface area contributed by atoms with Crippen molar-refractivity contribution in [1.82, 2.24) is 5.32 Å². The third kappa shape index (κ3) is 4.81. The Morgan fingerprint density at radius 1 is 0.939 bits per heavy atom. The van der Waals surface area contributed by atoms with Crippen molar-refractivity contribution in [3.63, 3.8) is 0 Å². The number of barbiturate groups is 1. The van der Waals surface area contributed by atoms with E-state index in [4.69, 9.17) is 16.3 Å². The maximum atomic E-state index is 13.1. The minimum Gasteiger partial charge on any atom is -0.488 e. The first kappa shape index (κ1) is 22.3. The van der Waals surface area contributed by atoms with Gasteiger partial charge in [-0.3, -0.25) is 14.9 Å². The predicted octanol–water partition coefficient (Wildman–Crippen LogP) is 5.20. The van der Waals surface area contributed by atoms with Crippen molar-refractivity contribution < 1.29 is 19.1 Å². The van der Waals surface area contributed by atoms with Crippen molar-refractivity contribution in [3.8, 4) is 5.75 Å². The molecule has 0 bridgehead atoms. The fourth-order valence-corrected chi connectivity index (χ4v) is 3.55. The monoisotopic (exact) mass is 460 g/mol. The normalized spacial score (nSPS) is 15.1. The van der Waals surface area contributed by atoms with Crippen molar-refractivity contribution in [3.05, 3.63) is 99.6 Å². The van der Waals surface area contributed by atoms with Gasteiger partial charge in [-0.05, 0) is 66.9 Å². The van der Waals surface area contributed by atoms with Gasteiger partial charge < -0.3 is 4.74 Å². The zero-order valence-corrected chi connectivity index (χ0v) is 18.8. The largest absolute Gasteiger partial charge is 0.488 e. The Kier molecular flexibility index (Phi) is 6.29. The Morgan fingerprint density at radius 2 is 1.67 bits per heavy atom. The molecule has 0 unspecified atom stereocenters. The third-order valence-corrected chi connectivity index (χ3v) is 5.62. The molecule has 4 rings (SSSR count). The molecule has 0 radical (unpaired) electrons. The number of anilines is 1. The number of urea groups is 1. The van der Waals surface area contributed by atoms with Crippen LogP contribution in [-0.2, 0) is 16.2 Å². The molecule has 6 nitrogen and oxygen atoms in total. The van der Waals surface area contributed by atoms with Gasteiger partial charge in [-0.2, -0.15) is 0 Å². The summed E-state index contributed by atoms with van der Waals surface area (Å²) in [6.45, 7) is 4.42. The Bertz CT molecular complexity index is 1280. The number of nitrogens with zero attached hydrogens (tertiary/aromatic N) is 1. The van der Waals surface area contributed by atoms with Crippen LogP contribution in [0.1, 0.15) is 22.3 Å². The Labute approximate surface area is 196 Å². The lowest BCUT2D eigenvalue weighted by Crippen LogP contribution is -2.54. The standard InChI is InChI=1S/C26H21ClN2O4/c1-16-7-8-18(13-17(16)2)15-33-23-6-4-3-5-19(23)14-22-24(30)28-26(32)29(25(22)31)21-11-9-20(27)10-12-21/h3-14H,15H2,1-2H3,(H,28,30,32)/b22-14+. The summed E-state index contributed by atoms with van der Waals surface area (Å²) in [4.78, 5) is 38.9. The van der Waals surface area contributed by atoms with Gasteiger partial charge in [0.15, 0.2) is 0 Å². The van der Waals surface area contributed by atoms with Crippen molar-refractivity contribution in [1.29, 1.82) is 0 Å². The van der Waals surface area contributed by atoms with Gasteiger partial charge in [-0.15, -0.1) is 0 Å². The summed E-state index contributed by atoms with van der Waals surface area (Å²) in [6, 6.07) is 18.6. The number of rotatable bonds is 5. The second-order valence-corrected chi connectivity index (χ2v) is 8.12. The van der Waals surface area contributed by atoms with E-state index in [2.05, 4.69) is 11.4 Å². The molecule has 0 saturated carbocycles. The van der Waals surface area contributed by atoms with Crippen LogP contribution >= 0.6 is 11.6 Å². The number of amides is 4. The molecule has 33 heavy (non-hydrogen) atoms. The maximum absolute atomic E-state index is 13.1. The summed E-state index contributed by atoms with van der Waals surface area (Å²) < 4.78 is 5.99. The van der Waals surface area contributed by atoms with E-state index in [0.29, 0.717) is 28.6 Å². The van der Waals surface area contributed by atoms with Gasteiger partial charge in [0.1, 0.15) is 17.9 Å². The lowest BCUT2D eigenvalue weighted by molar-refractivity contribution is -0.122. The van der Waals surface area contributed by atoms with Crippen LogP contribution in [0, 0.1) is 13.8 Å². The molecule has 0 atom stereocenters. The van der Waals surface area contributed by atoms with Crippen LogP contribution in [-0.4, -0.2) is 17.8 Å². The molecule has 0 spiro atoms. The number of benzene rings is 3. The lowest BCUT2D eigenvalue weighted by atomic mass is 10.1. The summed E-state index contributed by atoms with van der Waals surface area (Å²) in [7, 11) is 0. The molecule has 1 fully saturated rings. The molecule has 0 aromatic heterocycles. The van der Waals surface area contributed by atoms with Crippen LogP contribution < -0.4 is 15.0 Å². The molecule has 3 aromatic carbocycles. The molecule has 7 heteroatoms. The molecule has 0 aliphatic carbocycles.